The van der Waals surface area contributed by atoms with Gasteiger partial charge in [0, 0.05) is 25.8 Å². The van der Waals surface area contributed by atoms with Crippen molar-refractivity contribution in [2.45, 2.75) is 40.2 Å². The molecule has 18 heavy (non-hydrogen) atoms. The van der Waals surface area contributed by atoms with Gasteiger partial charge < -0.3 is 10.2 Å². The number of hydrogen-bond donors (Lipinski definition) is 1. The summed E-state index contributed by atoms with van der Waals surface area (Å²) in [6, 6.07) is 2.25. The summed E-state index contributed by atoms with van der Waals surface area (Å²) in [5.74, 6) is 1.17. The van der Waals surface area contributed by atoms with Crippen molar-refractivity contribution >= 4 is 5.82 Å². The third-order valence-corrected chi connectivity index (χ3v) is 3.90. The van der Waals surface area contributed by atoms with E-state index in [0.29, 0.717) is 5.41 Å². The van der Waals surface area contributed by atoms with Gasteiger partial charge in [-0.15, -0.1) is 0 Å². The molecule has 2 heterocycles. The number of nitrogens with one attached hydrogen (secondary N) is 1. The topological polar surface area (TPSA) is 28.2 Å². The van der Waals surface area contributed by atoms with Crippen molar-refractivity contribution in [3.63, 3.8) is 0 Å². The van der Waals surface area contributed by atoms with Gasteiger partial charge in [0.15, 0.2) is 0 Å². The van der Waals surface area contributed by atoms with Crippen LogP contribution in [0.5, 0.6) is 0 Å². The normalized spacial score (nSPS) is 19.0. The zero-order valence-electron chi connectivity index (χ0n) is 12.1. The first-order valence-corrected chi connectivity index (χ1v) is 6.87. The van der Waals surface area contributed by atoms with Gasteiger partial charge in [0.2, 0.25) is 0 Å². The fraction of sp³-hybridized carbons (Fsp3) is 0.667. The van der Waals surface area contributed by atoms with Gasteiger partial charge in [0.25, 0.3) is 0 Å². The van der Waals surface area contributed by atoms with Gasteiger partial charge in [0.05, 0.1) is 0 Å². The third kappa shape index (κ3) is 3.02. The molecule has 1 aliphatic rings. The van der Waals surface area contributed by atoms with Crippen LogP contribution in [-0.4, -0.2) is 25.1 Å². The predicted molar refractivity (Wildman–Crippen MR) is 77.0 cm³/mol. The van der Waals surface area contributed by atoms with Gasteiger partial charge in [0.1, 0.15) is 5.82 Å². The lowest BCUT2D eigenvalue weighted by Crippen LogP contribution is -2.38. The van der Waals surface area contributed by atoms with Crippen LogP contribution >= 0.6 is 0 Å². The Hall–Kier alpha value is -1.09. The first-order chi connectivity index (χ1) is 8.52. The lowest BCUT2D eigenvalue weighted by atomic mass is 9.82. The van der Waals surface area contributed by atoms with Crippen molar-refractivity contribution in [2.24, 2.45) is 5.41 Å². The summed E-state index contributed by atoms with van der Waals surface area (Å²) < 4.78 is 0. The number of nitrogens with zero attached hydrogens (tertiary/aromatic N) is 2. The molecule has 0 atom stereocenters. The Morgan fingerprint density at radius 3 is 2.56 bits per heavy atom. The van der Waals surface area contributed by atoms with Crippen LogP contribution < -0.4 is 10.2 Å². The highest BCUT2D eigenvalue weighted by Gasteiger charge is 2.26. The molecule has 1 saturated heterocycles. The highest BCUT2D eigenvalue weighted by molar-refractivity contribution is 5.47. The highest BCUT2D eigenvalue weighted by atomic mass is 15.2. The molecule has 0 spiro atoms. The average Bonchev–Trinajstić information content (AvgIpc) is 2.31. The summed E-state index contributed by atoms with van der Waals surface area (Å²) >= 11 is 0. The van der Waals surface area contributed by atoms with Crippen LogP contribution in [0, 0.1) is 12.3 Å². The zero-order chi connectivity index (χ0) is 13.2. The number of hydrogen-bond acceptors (Lipinski definition) is 3. The SMILES string of the molecule is CNCc1cnc(N2CCC(C)(C)CC2)c(C)c1. The second kappa shape index (κ2) is 5.27. The summed E-state index contributed by atoms with van der Waals surface area (Å²) in [7, 11) is 1.97. The highest BCUT2D eigenvalue weighted by Crippen LogP contribution is 2.32. The second-order valence-corrected chi connectivity index (χ2v) is 6.17. The summed E-state index contributed by atoms with van der Waals surface area (Å²) in [5.41, 5.74) is 3.05. The minimum atomic E-state index is 0.497. The zero-order valence-corrected chi connectivity index (χ0v) is 12.1. The van der Waals surface area contributed by atoms with Crippen molar-refractivity contribution in [1.82, 2.24) is 10.3 Å². The van der Waals surface area contributed by atoms with Crippen molar-refractivity contribution in [2.75, 3.05) is 25.0 Å². The Morgan fingerprint density at radius 2 is 2.00 bits per heavy atom. The van der Waals surface area contributed by atoms with E-state index in [4.69, 9.17) is 0 Å². The Bertz CT molecular complexity index is 402. The van der Waals surface area contributed by atoms with Crippen molar-refractivity contribution in [3.05, 3.63) is 23.4 Å². The number of anilines is 1. The fourth-order valence-electron chi connectivity index (χ4n) is 2.58. The summed E-state index contributed by atoms with van der Waals surface area (Å²) in [5, 5.41) is 3.17. The maximum atomic E-state index is 4.65. The smallest absolute Gasteiger partial charge is 0.131 e. The molecule has 1 aromatic rings. The van der Waals surface area contributed by atoms with Crippen LogP contribution in [0.1, 0.15) is 37.8 Å². The Kier molecular flexibility index (Phi) is 3.91. The van der Waals surface area contributed by atoms with Gasteiger partial charge in [-0.05, 0) is 49.4 Å². The van der Waals surface area contributed by atoms with E-state index in [9.17, 15) is 0 Å². The molecule has 3 heteroatoms. The average molecular weight is 247 g/mol. The molecule has 0 aliphatic carbocycles. The molecule has 0 amide bonds. The largest absolute Gasteiger partial charge is 0.356 e. The Morgan fingerprint density at radius 1 is 1.33 bits per heavy atom. The van der Waals surface area contributed by atoms with Crippen LogP contribution in [-0.2, 0) is 6.54 Å². The van der Waals surface area contributed by atoms with E-state index < -0.39 is 0 Å². The molecular formula is C15H25N3. The van der Waals surface area contributed by atoms with E-state index in [0.717, 1.165) is 19.6 Å². The molecular weight excluding hydrogens is 222 g/mol. The van der Waals surface area contributed by atoms with E-state index in [1.165, 1.54) is 29.8 Å². The van der Waals surface area contributed by atoms with E-state index >= 15 is 0 Å². The lowest BCUT2D eigenvalue weighted by Gasteiger charge is -2.38. The van der Waals surface area contributed by atoms with Gasteiger partial charge in [-0.25, -0.2) is 4.98 Å². The van der Waals surface area contributed by atoms with Crippen LogP contribution in [0.4, 0.5) is 5.82 Å². The van der Waals surface area contributed by atoms with Crippen LogP contribution in [0.2, 0.25) is 0 Å². The second-order valence-electron chi connectivity index (χ2n) is 6.17. The fourth-order valence-corrected chi connectivity index (χ4v) is 2.58. The molecule has 3 nitrogen and oxygen atoms in total. The van der Waals surface area contributed by atoms with Gasteiger partial charge in [-0.1, -0.05) is 13.8 Å². The molecule has 0 bridgehead atoms. The Labute approximate surface area is 111 Å². The maximum absolute atomic E-state index is 4.65. The molecule has 1 aromatic heterocycles. The van der Waals surface area contributed by atoms with Crippen LogP contribution in [0.3, 0.4) is 0 Å². The van der Waals surface area contributed by atoms with E-state index in [-0.39, 0.29) is 0 Å². The summed E-state index contributed by atoms with van der Waals surface area (Å²) in [4.78, 5) is 7.09. The van der Waals surface area contributed by atoms with Gasteiger partial charge in [-0.3, -0.25) is 0 Å². The molecule has 0 aromatic carbocycles. The molecule has 1 fully saturated rings. The minimum Gasteiger partial charge on any atom is -0.356 e. The molecule has 0 radical (unpaired) electrons. The summed E-state index contributed by atoms with van der Waals surface area (Å²) in [6.45, 7) is 10.0. The predicted octanol–water partition coefficient (Wildman–Crippen LogP) is 2.74. The monoisotopic (exact) mass is 247 g/mol. The molecule has 0 saturated carbocycles. The van der Waals surface area contributed by atoms with E-state index in [1.807, 2.05) is 13.2 Å². The van der Waals surface area contributed by atoms with E-state index in [2.05, 4.69) is 42.0 Å². The van der Waals surface area contributed by atoms with Crippen molar-refractivity contribution < 1.29 is 0 Å². The van der Waals surface area contributed by atoms with Gasteiger partial charge >= 0.3 is 0 Å². The first-order valence-electron chi connectivity index (χ1n) is 6.87. The van der Waals surface area contributed by atoms with Crippen molar-refractivity contribution in [1.29, 1.82) is 0 Å². The van der Waals surface area contributed by atoms with E-state index in [1.54, 1.807) is 0 Å². The number of piperidine rings is 1. The molecule has 2 rings (SSSR count). The Balaban J connectivity index is 2.10. The molecule has 100 valence electrons. The third-order valence-electron chi connectivity index (χ3n) is 3.90. The number of pyridine rings is 1. The lowest BCUT2D eigenvalue weighted by molar-refractivity contribution is 0.279. The summed E-state index contributed by atoms with van der Waals surface area (Å²) in [6.07, 6.45) is 4.51. The molecule has 1 aliphatic heterocycles. The van der Waals surface area contributed by atoms with Gasteiger partial charge in [-0.2, -0.15) is 0 Å². The number of aryl methyl sites for hydroxylation is 1. The molecule has 1 N–H and O–H groups in total. The standard InChI is InChI=1S/C15H25N3/c1-12-9-13(10-16-4)11-17-14(12)18-7-5-15(2,3)6-8-18/h9,11,16H,5-8,10H2,1-4H3. The first kappa shape index (κ1) is 13.3. The molecule has 0 unspecified atom stereocenters. The van der Waals surface area contributed by atoms with Crippen molar-refractivity contribution in [3.8, 4) is 0 Å². The quantitative estimate of drug-likeness (QED) is 0.890. The van der Waals surface area contributed by atoms with Crippen LogP contribution in [0.25, 0.3) is 0 Å². The van der Waals surface area contributed by atoms with Crippen LogP contribution in [0.15, 0.2) is 12.3 Å². The number of rotatable bonds is 3. The number of aromatic nitrogens is 1. The maximum Gasteiger partial charge on any atom is 0.131 e. The minimum absolute atomic E-state index is 0.497.